The van der Waals surface area contributed by atoms with Crippen molar-refractivity contribution in [3.63, 3.8) is 0 Å². The third kappa shape index (κ3) is 3.94. The summed E-state index contributed by atoms with van der Waals surface area (Å²) in [5.74, 6) is 0.915. The van der Waals surface area contributed by atoms with Gasteiger partial charge in [-0.25, -0.2) is 4.39 Å². The zero-order valence-electron chi connectivity index (χ0n) is 12.8. The monoisotopic (exact) mass is 289 g/mol. The molecule has 21 heavy (non-hydrogen) atoms. The predicted octanol–water partition coefficient (Wildman–Crippen LogP) is 3.79. The number of aryl methyl sites for hydroxylation is 2. The minimum Gasteiger partial charge on any atom is -0.466 e. The molecule has 1 heterocycles. The maximum absolute atomic E-state index is 12.9. The van der Waals surface area contributed by atoms with Gasteiger partial charge < -0.3 is 9.73 Å². The van der Waals surface area contributed by atoms with Crippen LogP contribution >= 0.6 is 0 Å². The van der Waals surface area contributed by atoms with Gasteiger partial charge in [-0.15, -0.1) is 0 Å². The third-order valence-electron chi connectivity index (χ3n) is 3.30. The van der Waals surface area contributed by atoms with Gasteiger partial charge in [0, 0.05) is 5.54 Å². The van der Waals surface area contributed by atoms with Gasteiger partial charge in [-0.05, 0) is 57.9 Å². The van der Waals surface area contributed by atoms with Gasteiger partial charge in [0.1, 0.15) is 17.3 Å². The fraction of sp³-hybridized carbons (Fsp3) is 0.353. The molecule has 1 aromatic carbocycles. The summed E-state index contributed by atoms with van der Waals surface area (Å²) in [5.41, 5.74) is 1.09. The largest absolute Gasteiger partial charge is 0.466 e. The van der Waals surface area contributed by atoms with Gasteiger partial charge >= 0.3 is 0 Å². The van der Waals surface area contributed by atoms with Crippen molar-refractivity contribution in [3.8, 4) is 0 Å². The van der Waals surface area contributed by atoms with E-state index in [1.807, 2.05) is 20.8 Å². The van der Waals surface area contributed by atoms with Crippen LogP contribution in [0.15, 0.2) is 34.7 Å². The molecule has 0 saturated carbocycles. The molecule has 0 aliphatic heterocycles. The highest BCUT2D eigenvalue weighted by Crippen LogP contribution is 2.17. The van der Waals surface area contributed by atoms with Crippen molar-refractivity contribution in [1.29, 1.82) is 0 Å². The molecule has 0 radical (unpaired) electrons. The van der Waals surface area contributed by atoms with Crippen molar-refractivity contribution in [3.05, 3.63) is 58.8 Å². The van der Waals surface area contributed by atoms with Crippen molar-refractivity contribution >= 4 is 5.91 Å². The van der Waals surface area contributed by atoms with Crippen molar-refractivity contribution in [2.45, 2.75) is 39.7 Å². The van der Waals surface area contributed by atoms with E-state index >= 15 is 0 Å². The second-order valence-electron chi connectivity index (χ2n) is 5.97. The Morgan fingerprint density at radius 3 is 2.38 bits per heavy atom. The van der Waals surface area contributed by atoms with Crippen LogP contribution in [0, 0.1) is 19.7 Å². The van der Waals surface area contributed by atoms with Crippen LogP contribution in [0.2, 0.25) is 0 Å². The van der Waals surface area contributed by atoms with E-state index in [0.717, 1.165) is 5.56 Å². The zero-order chi connectivity index (χ0) is 15.6. The molecule has 2 aromatic rings. The molecule has 3 nitrogen and oxygen atoms in total. The lowest BCUT2D eigenvalue weighted by Gasteiger charge is -2.26. The van der Waals surface area contributed by atoms with Gasteiger partial charge in [0.2, 0.25) is 0 Å². The number of carbonyl (C=O) groups excluding carboxylic acids is 1. The lowest BCUT2D eigenvalue weighted by Crippen LogP contribution is -2.45. The Labute approximate surface area is 124 Å². The molecule has 0 fully saturated rings. The summed E-state index contributed by atoms with van der Waals surface area (Å²) in [4.78, 5) is 12.3. The SMILES string of the molecule is Cc1cc(C(=O)NC(C)(C)Cc2ccc(F)cc2)c(C)o1. The summed E-state index contributed by atoms with van der Waals surface area (Å²) >= 11 is 0. The smallest absolute Gasteiger partial charge is 0.255 e. The first-order valence-corrected chi connectivity index (χ1v) is 6.91. The minimum atomic E-state index is -0.438. The molecule has 2 rings (SSSR count). The van der Waals surface area contributed by atoms with Crippen LogP contribution in [0.3, 0.4) is 0 Å². The van der Waals surface area contributed by atoms with Crippen LogP contribution in [0.5, 0.6) is 0 Å². The number of hydrogen-bond donors (Lipinski definition) is 1. The topological polar surface area (TPSA) is 42.2 Å². The fourth-order valence-electron chi connectivity index (χ4n) is 2.39. The Morgan fingerprint density at radius 1 is 1.24 bits per heavy atom. The number of benzene rings is 1. The molecule has 0 saturated heterocycles. The van der Waals surface area contributed by atoms with Crippen LogP contribution in [-0.4, -0.2) is 11.4 Å². The quantitative estimate of drug-likeness (QED) is 0.930. The second-order valence-corrected chi connectivity index (χ2v) is 5.97. The second kappa shape index (κ2) is 5.72. The molecule has 0 bridgehead atoms. The number of rotatable bonds is 4. The number of furan rings is 1. The van der Waals surface area contributed by atoms with Gasteiger partial charge in [0.05, 0.1) is 5.56 Å². The van der Waals surface area contributed by atoms with Gasteiger partial charge in [0.25, 0.3) is 5.91 Å². The molecule has 0 spiro atoms. The number of halogens is 1. The zero-order valence-corrected chi connectivity index (χ0v) is 12.8. The molecule has 1 aromatic heterocycles. The highest BCUT2D eigenvalue weighted by molar-refractivity contribution is 5.95. The standard InChI is InChI=1S/C17H20FNO2/c1-11-9-15(12(2)21-11)16(20)19-17(3,4)10-13-5-7-14(18)8-6-13/h5-9H,10H2,1-4H3,(H,19,20). The Morgan fingerprint density at radius 2 is 1.86 bits per heavy atom. The number of hydrogen-bond acceptors (Lipinski definition) is 2. The number of carbonyl (C=O) groups is 1. The maximum Gasteiger partial charge on any atom is 0.255 e. The molecule has 1 amide bonds. The molecule has 0 atom stereocenters. The first-order chi connectivity index (χ1) is 9.77. The summed E-state index contributed by atoms with van der Waals surface area (Å²) < 4.78 is 18.3. The van der Waals surface area contributed by atoms with E-state index in [2.05, 4.69) is 5.32 Å². The van der Waals surface area contributed by atoms with E-state index in [9.17, 15) is 9.18 Å². The summed E-state index contributed by atoms with van der Waals surface area (Å²) in [6, 6.07) is 8.05. The lowest BCUT2D eigenvalue weighted by molar-refractivity contribution is 0.0911. The predicted molar refractivity (Wildman–Crippen MR) is 79.8 cm³/mol. The first-order valence-electron chi connectivity index (χ1n) is 6.91. The molecular weight excluding hydrogens is 269 g/mol. The van der Waals surface area contributed by atoms with Crippen molar-refractivity contribution in [2.24, 2.45) is 0 Å². The minimum absolute atomic E-state index is 0.156. The molecule has 1 N–H and O–H groups in total. The molecule has 0 aliphatic carbocycles. The lowest BCUT2D eigenvalue weighted by atomic mass is 9.94. The molecule has 0 aliphatic rings. The van der Waals surface area contributed by atoms with Crippen LogP contribution in [-0.2, 0) is 6.42 Å². The molecule has 0 unspecified atom stereocenters. The Bertz CT molecular complexity index is 641. The maximum atomic E-state index is 12.9. The van der Waals surface area contributed by atoms with Crippen molar-refractivity contribution in [2.75, 3.05) is 0 Å². The van der Waals surface area contributed by atoms with Gasteiger partial charge in [-0.1, -0.05) is 12.1 Å². The van der Waals surface area contributed by atoms with Crippen LogP contribution < -0.4 is 5.32 Å². The van der Waals surface area contributed by atoms with E-state index < -0.39 is 5.54 Å². The average molecular weight is 289 g/mol. The normalized spacial score (nSPS) is 11.5. The summed E-state index contributed by atoms with van der Waals surface area (Å²) in [5, 5.41) is 3.00. The molecule has 4 heteroatoms. The highest BCUT2D eigenvalue weighted by Gasteiger charge is 2.23. The van der Waals surface area contributed by atoms with Crippen molar-refractivity contribution in [1.82, 2.24) is 5.32 Å². The number of amides is 1. The van der Waals surface area contributed by atoms with Crippen LogP contribution in [0.25, 0.3) is 0 Å². The van der Waals surface area contributed by atoms with Crippen molar-refractivity contribution < 1.29 is 13.6 Å². The summed E-state index contributed by atoms with van der Waals surface area (Å²) in [7, 11) is 0. The van der Waals surface area contributed by atoms with Crippen LogP contribution in [0.1, 0.15) is 41.3 Å². The van der Waals surface area contributed by atoms with E-state index in [-0.39, 0.29) is 11.7 Å². The Kier molecular flexibility index (Phi) is 4.16. The Hall–Kier alpha value is -2.10. The van der Waals surface area contributed by atoms with E-state index in [0.29, 0.717) is 23.5 Å². The summed E-state index contributed by atoms with van der Waals surface area (Å²) in [6.45, 7) is 7.47. The van der Waals surface area contributed by atoms with E-state index in [1.54, 1.807) is 25.1 Å². The first kappa shape index (κ1) is 15.3. The van der Waals surface area contributed by atoms with Gasteiger partial charge in [-0.3, -0.25) is 4.79 Å². The third-order valence-corrected chi connectivity index (χ3v) is 3.30. The van der Waals surface area contributed by atoms with E-state index in [4.69, 9.17) is 4.42 Å². The molecular formula is C17H20FNO2. The van der Waals surface area contributed by atoms with E-state index in [1.165, 1.54) is 12.1 Å². The summed E-state index contributed by atoms with van der Waals surface area (Å²) in [6.07, 6.45) is 0.620. The fourth-order valence-corrected chi connectivity index (χ4v) is 2.39. The van der Waals surface area contributed by atoms with Crippen LogP contribution in [0.4, 0.5) is 4.39 Å². The van der Waals surface area contributed by atoms with Gasteiger partial charge in [-0.2, -0.15) is 0 Å². The van der Waals surface area contributed by atoms with Gasteiger partial charge in [0.15, 0.2) is 0 Å². The highest BCUT2D eigenvalue weighted by atomic mass is 19.1. The Balaban J connectivity index is 2.08. The average Bonchev–Trinajstić information content (AvgIpc) is 2.70. The number of nitrogens with one attached hydrogen (secondary N) is 1. The molecule has 112 valence electrons.